The molecule has 0 radical (unpaired) electrons. The Morgan fingerprint density at radius 3 is 2.73 bits per heavy atom. The number of fused-ring (bicyclic) bond motifs is 3. The van der Waals surface area contributed by atoms with E-state index in [2.05, 4.69) is 0 Å². The van der Waals surface area contributed by atoms with Gasteiger partial charge in [0.2, 0.25) is 5.91 Å². The van der Waals surface area contributed by atoms with Gasteiger partial charge in [-0.3, -0.25) is 14.2 Å². The van der Waals surface area contributed by atoms with Crippen LogP contribution in [0.4, 0.5) is 0 Å². The molecular weight excluding hydrogens is 366 g/mol. The molecule has 0 unspecified atom stereocenters. The number of thiophene rings is 1. The normalized spacial score (nSPS) is 14.5. The van der Waals surface area contributed by atoms with Gasteiger partial charge in [0.1, 0.15) is 4.83 Å². The number of carbonyl (C=O) groups excluding carboxylic acids is 1. The first kappa shape index (κ1) is 17.3. The molecule has 1 aromatic carbocycles. The van der Waals surface area contributed by atoms with Gasteiger partial charge in [0, 0.05) is 4.88 Å². The van der Waals surface area contributed by atoms with Crippen molar-refractivity contribution in [2.24, 2.45) is 5.73 Å². The summed E-state index contributed by atoms with van der Waals surface area (Å²) in [5.74, 6) is -0.423. The Morgan fingerprint density at radius 2 is 2.04 bits per heavy atom. The Balaban J connectivity index is 1.98. The quantitative estimate of drug-likeness (QED) is 0.553. The highest BCUT2D eigenvalue weighted by atomic mass is 32.2. The number of thioether (sulfide) groups is 1. The van der Waals surface area contributed by atoms with Crippen LogP contribution in [0, 0.1) is 6.92 Å². The van der Waals surface area contributed by atoms with E-state index in [1.54, 1.807) is 22.8 Å². The molecule has 1 aliphatic rings. The highest BCUT2D eigenvalue weighted by molar-refractivity contribution is 8.00. The SMILES string of the molecule is Cc1ccc(-n2c(S[C@@H](C)C(N)=O)nc3sc4c(c3c2=O)CCC4)cc1. The van der Waals surface area contributed by atoms with Gasteiger partial charge in [-0.25, -0.2) is 4.98 Å². The average Bonchev–Trinajstić information content (AvgIpc) is 3.16. The van der Waals surface area contributed by atoms with Crippen LogP contribution in [0.3, 0.4) is 0 Å². The summed E-state index contributed by atoms with van der Waals surface area (Å²) >= 11 is 2.83. The van der Waals surface area contributed by atoms with Crippen LogP contribution in [0.5, 0.6) is 0 Å². The Labute approximate surface area is 159 Å². The zero-order chi connectivity index (χ0) is 18.4. The summed E-state index contributed by atoms with van der Waals surface area (Å²) in [4.78, 5) is 31.7. The summed E-state index contributed by atoms with van der Waals surface area (Å²) in [6.07, 6.45) is 3.04. The van der Waals surface area contributed by atoms with Crippen LogP contribution in [-0.2, 0) is 17.6 Å². The summed E-state index contributed by atoms with van der Waals surface area (Å²) in [5, 5.41) is 0.777. The molecule has 0 spiro atoms. The van der Waals surface area contributed by atoms with E-state index >= 15 is 0 Å². The topological polar surface area (TPSA) is 78.0 Å². The van der Waals surface area contributed by atoms with Crippen LogP contribution in [0.2, 0.25) is 0 Å². The van der Waals surface area contributed by atoms with Crippen molar-refractivity contribution in [3.63, 3.8) is 0 Å². The summed E-state index contributed by atoms with van der Waals surface area (Å²) in [7, 11) is 0. The molecule has 0 fully saturated rings. The van der Waals surface area contributed by atoms with Crippen LogP contribution in [-0.4, -0.2) is 20.7 Å². The molecule has 2 heterocycles. The van der Waals surface area contributed by atoms with E-state index in [9.17, 15) is 9.59 Å². The van der Waals surface area contributed by atoms with E-state index in [1.165, 1.54) is 16.6 Å². The second-order valence-corrected chi connectivity index (χ2v) is 8.96. The number of hydrogen-bond donors (Lipinski definition) is 1. The molecule has 0 aliphatic heterocycles. The molecule has 3 aromatic rings. The minimum absolute atomic E-state index is 0.0579. The molecule has 26 heavy (non-hydrogen) atoms. The standard InChI is InChI=1S/C19H19N3O2S2/c1-10-6-8-12(9-7-10)22-18(24)15-13-4-3-5-14(13)26-17(15)21-19(22)25-11(2)16(20)23/h6-9,11H,3-5H2,1-2H3,(H2,20,23)/t11-/m0/s1. The van der Waals surface area contributed by atoms with E-state index in [1.807, 2.05) is 31.2 Å². The van der Waals surface area contributed by atoms with Crippen molar-refractivity contribution in [3.05, 3.63) is 50.6 Å². The van der Waals surface area contributed by atoms with E-state index in [-0.39, 0.29) is 5.56 Å². The maximum absolute atomic E-state index is 13.4. The van der Waals surface area contributed by atoms with E-state index in [0.717, 1.165) is 46.3 Å². The lowest BCUT2D eigenvalue weighted by atomic mass is 10.2. The molecule has 2 aromatic heterocycles. The van der Waals surface area contributed by atoms with E-state index in [0.29, 0.717) is 5.16 Å². The first-order valence-electron chi connectivity index (χ1n) is 8.56. The lowest BCUT2D eigenvalue weighted by molar-refractivity contribution is -0.117. The monoisotopic (exact) mass is 385 g/mol. The fourth-order valence-corrected chi connectivity index (χ4v) is 5.42. The van der Waals surface area contributed by atoms with Crippen molar-refractivity contribution in [2.45, 2.75) is 43.5 Å². The number of nitrogens with two attached hydrogens (primary N) is 1. The van der Waals surface area contributed by atoms with Gasteiger partial charge in [-0.15, -0.1) is 11.3 Å². The molecule has 7 heteroatoms. The zero-order valence-electron chi connectivity index (χ0n) is 14.6. The van der Waals surface area contributed by atoms with Gasteiger partial charge in [0.05, 0.1) is 16.3 Å². The lowest BCUT2D eigenvalue weighted by Crippen LogP contribution is -2.26. The maximum atomic E-state index is 13.4. The highest BCUT2D eigenvalue weighted by Crippen LogP contribution is 2.36. The van der Waals surface area contributed by atoms with Crippen molar-refractivity contribution < 1.29 is 4.79 Å². The van der Waals surface area contributed by atoms with Crippen molar-refractivity contribution in [3.8, 4) is 5.69 Å². The van der Waals surface area contributed by atoms with Crippen molar-refractivity contribution in [1.29, 1.82) is 0 Å². The van der Waals surface area contributed by atoms with Crippen molar-refractivity contribution in [2.75, 3.05) is 0 Å². The Morgan fingerprint density at radius 1 is 1.31 bits per heavy atom. The van der Waals surface area contributed by atoms with E-state index < -0.39 is 11.2 Å². The summed E-state index contributed by atoms with van der Waals surface area (Å²) < 4.78 is 1.62. The molecule has 1 atom stereocenters. The second-order valence-electron chi connectivity index (χ2n) is 6.57. The number of carbonyl (C=O) groups is 1. The second kappa shape index (κ2) is 6.55. The Hall–Kier alpha value is -2.12. The van der Waals surface area contributed by atoms with Crippen LogP contribution >= 0.6 is 23.1 Å². The third-order valence-corrected chi connectivity index (χ3v) is 6.94. The third kappa shape index (κ3) is 2.85. The molecule has 1 amide bonds. The minimum atomic E-state index is -0.470. The molecule has 0 bridgehead atoms. The van der Waals surface area contributed by atoms with Crippen LogP contribution in [0.25, 0.3) is 15.9 Å². The molecule has 134 valence electrons. The number of benzene rings is 1. The Kier molecular flexibility index (Phi) is 4.36. The number of rotatable bonds is 4. The van der Waals surface area contributed by atoms with Crippen LogP contribution in [0.1, 0.15) is 29.3 Å². The first-order chi connectivity index (χ1) is 12.5. The molecular formula is C19H19N3O2S2. The number of amides is 1. The summed E-state index contributed by atoms with van der Waals surface area (Å²) in [5.41, 5.74) is 8.40. The lowest BCUT2D eigenvalue weighted by Gasteiger charge is -2.14. The average molecular weight is 386 g/mol. The summed E-state index contributed by atoms with van der Waals surface area (Å²) in [6.45, 7) is 3.74. The number of primary amides is 1. The van der Waals surface area contributed by atoms with Crippen LogP contribution < -0.4 is 11.3 Å². The van der Waals surface area contributed by atoms with Gasteiger partial charge in [-0.2, -0.15) is 0 Å². The first-order valence-corrected chi connectivity index (χ1v) is 10.3. The Bertz CT molecular complexity index is 1070. The number of hydrogen-bond acceptors (Lipinski definition) is 5. The predicted molar refractivity (Wildman–Crippen MR) is 106 cm³/mol. The predicted octanol–water partition coefficient (Wildman–Crippen LogP) is 3.21. The van der Waals surface area contributed by atoms with Gasteiger partial charge in [0.25, 0.3) is 5.56 Å². The molecule has 2 N–H and O–H groups in total. The van der Waals surface area contributed by atoms with Crippen LogP contribution in [0.15, 0.2) is 34.2 Å². The van der Waals surface area contributed by atoms with Crippen molar-refractivity contribution in [1.82, 2.24) is 9.55 Å². The smallest absolute Gasteiger partial charge is 0.267 e. The molecule has 0 saturated carbocycles. The third-order valence-electron chi connectivity index (χ3n) is 4.68. The molecule has 1 aliphatic carbocycles. The fraction of sp³-hybridized carbons (Fsp3) is 0.316. The summed E-state index contributed by atoms with van der Waals surface area (Å²) in [6, 6.07) is 7.76. The van der Waals surface area contributed by atoms with Gasteiger partial charge < -0.3 is 5.73 Å². The van der Waals surface area contributed by atoms with Gasteiger partial charge in [-0.1, -0.05) is 29.5 Å². The fourth-order valence-electron chi connectivity index (χ4n) is 3.24. The van der Waals surface area contributed by atoms with Crippen molar-refractivity contribution >= 4 is 39.2 Å². The van der Waals surface area contributed by atoms with E-state index in [4.69, 9.17) is 10.7 Å². The van der Waals surface area contributed by atoms with Gasteiger partial charge in [0.15, 0.2) is 5.16 Å². The largest absolute Gasteiger partial charge is 0.369 e. The molecule has 0 saturated heterocycles. The number of aromatic nitrogens is 2. The zero-order valence-corrected chi connectivity index (χ0v) is 16.2. The maximum Gasteiger partial charge on any atom is 0.267 e. The molecule has 4 rings (SSSR count). The molecule has 5 nitrogen and oxygen atoms in total. The number of aryl methyl sites for hydroxylation is 3. The highest BCUT2D eigenvalue weighted by Gasteiger charge is 2.25. The number of nitrogens with zero attached hydrogens (tertiary/aromatic N) is 2. The minimum Gasteiger partial charge on any atom is -0.369 e. The van der Waals surface area contributed by atoms with Gasteiger partial charge >= 0.3 is 0 Å². The van der Waals surface area contributed by atoms with Gasteiger partial charge in [-0.05, 0) is 50.8 Å².